The van der Waals surface area contributed by atoms with Gasteiger partial charge in [0.05, 0.1) is 22.0 Å². The molecule has 1 aliphatic heterocycles. The number of benzene rings is 2. The number of aryl methyl sites for hydroxylation is 2. The van der Waals surface area contributed by atoms with Gasteiger partial charge in [0.2, 0.25) is 10.0 Å². The fourth-order valence-corrected chi connectivity index (χ4v) is 8.76. The van der Waals surface area contributed by atoms with E-state index < -0.39 is 16.0 Å². The molecule has 9 nitrogen and oxygen atoms in total. The van der Waals surface area contributed by atoms with Gasteiger partial charge >= 0.3 is 5.97 Å². The van der Waals surface area contributed by atoms with E-state index >= 15 is 0 Å². The van der Waals surface area contributed by atoms with Gasteiger partial charge in [-0.1, -0.05) is 43.5 Å². The third-order valence-electron chi connectivity index (χ3n) is 9.59. The standard InChI is InChI=1S/C33H38N4O5S/c1-35(2)32(38)31-26(19-34-43(41,42)22-13-14-22)23-10-6-11-25-29(23)37(31)17-7-16-36-27-18-21(33(39)40)12-15-24(27)28(30(25)36)20-8-4-3-5-9-20/h6,10-12,15,18,20,22,34H,3-5,7-9,13-14,16-17,19H2,1-2H3,(H,39,40). The van der Waals surface area contributed by atoms with Crippen LogP contribution in [0.4, 0.5) is 0 Å². The Kier molecular flexibility index (Phi) is 6.89. The maximum absolute atomic E-state index is 13.8. The number of carboxylic acid groups (broad SMARTS) is 1. The average molecular weight is 603 g/mol. The van der Waals surface area contributed by atoms with Gasteiger partial charge in [0.25, 0.3) is 5.91 Å². The summed E-state index contributed by atoms with van der Waals surface area (Å²) in [4.78, 5) is 27.4. The normalized spacial score (nSPS) is 17.5. The Morgan fingerprint density at radius 3 is 2.40 bits per heavy atom. The number of nitrogens with zero attached hydrogens (tertiary/aromatic N) is 3. The maximum Gasteiger partial charge on any atom is 0.335 e. The average Bonchev–Trinajstić information content (AvgIpc) is 3.75. The van der Waals surface area contributed by atoms with Gasteiger partial charge in [0, 0.05) is 61.1 Å². The van der Waals surface area contributed by atoms with Gasteiger partial charge in [-0.25, -0.2) is 17.9 Å². The van der Waals surface area contributed by atoms with Gasteiger partial charge in [-0.3, -0.25) is 4.79 Å². The zero-order valence-electron chi connectivity index (χ0n) is 24.7. The van der Waals surface area contributed by atoms with Crippen molar-refractivity contribution in [3.05, 3.63) is 58.8 Å². The lowest BCUT2D eigenvalue weighted by Crippen LogP contribution is -2.30. The molecule has 7 rings (SSSR count). The van der Waals surface area contributed by atoms with Gasteiger partial charge < -0.3 is 19.1 Å². The summed E-state index contributed by atoms with van der Waals surface area (Å²) in [5, 5.41) is 11.5. The van der Waals surface area contributed by atoms with Crippen molar-refractivity contribution >= 4 is 43.7 Å². The first kappa shape index (κ1) is 28.2. The minimum Gasteiger partial charge on any atom is -0.478 e. The fraction of sp³-hybridized carbons (Fsp3) is 0.455. The molecule has 43 heavy (non-hydrogen) atoms. The van der Waals surface area contributed by atoms with E-state index in [1.165, 1.54) is 12.0 Å². The molecule has 0 radical (unpaired) electrons. The molecular formula is C33H38N4O5S. The topological polar surface area (TPSA) is 114 Å². The number of hydrogen-bond acceptors (Lipinski definition) is 4. The van der Waals surface area contributed by atoms with Crippen molar-refractivity contribution < 1.29 is 23.1 Å². The van der Waals surface area contributed by atoms with E-state index in [1.54, 1.807) is 25.1 Å². The number of carboxylic acids is 1. The summed E-state index contributed by atoms with van der Waals surface area (Å²) in [6.07, 6.45) is 7.80. The fourth-order valence-electron chi connectivity index (χ4n) is 7.42. The van der Waals surface area contributed by atoms with Crippen LogP contribution in [0.2, 0.25) is 0 Å². The molecule has 226 valence electrons. The summed E-state index contributed by atoms with van der Waals surface area (Å²) in [6.45, 7) is 1.31. The molecule has 2 aromatic carbocycles. The molecule has 0 bridgehead atoms. The van der Waals surface area contributed by atoms with Gasteiger partial charge in [-0.15, -0.1) is 0 Å². The molecule has 3 heterocycles. The first-order valence-corrected chi connectivity index (χ1v) is 17.0. The highest BCUT2D eigenvalue weighted by Crippen LogP contribution is 2.47. The summed E-state index contributed by atoms with van der Waals surface area (Å²) in [5.41, 5.74) is 6.76. The molecule has 4 aromatic rings. The van der Waals surface area contributed by atoms with E-state index in [0.717, 1.165) is 65.2 Å². The first-order valence-electron chi connectivity index (χ1n) is 15.4. The molecule has 2 aliphatic carbocycles. The molecule has 2 fully saturated rings. The third-order valence-corrected chi connectivity index (χ3v) is 11.5. The van der Waals surface area contributed by atoms with E-state index in [9.17, 15) is 23.1 Å². The molecule has 1 amide bonds. The van der Waals surface area contributed by atoms with Crippen LogP contribution >= 0.6 is 0 Å². The number of amides is 1. The summed E-state index contributed by atoms with van der Waals surface area (Å²) in [7, 11) is 0.00341. The molecule has 0 saturated heterocycles. The third kappa shape index (κ3) is 4.66. The van der Waals surface area contributed by atoms with Crippen molar-refractivity contribution in [3.63, 3.8) is 0 Å². The van der Waals surface area contributed by atoms with Gasteiger partial charge in [0.15, 0.2) is 0 Å². The predicted molar refractivity (Wildman–Crippen MR) is 167 cm³/mol. The lowest BCUT2D eigenvalue weighted by Gasteiger charge is -2.25. The first-order chi connectivity index (χ1) is 20.7. The number of carbonyl (C=O) groups excluding carboxylic acids is 1. The number of aromatic carboxylic acids is 1. The van der Waals surface area contributed by atoms with Crippen molar-refractivity contribution in [2.45, 2.75) is 82.2 Å². The zero-order chi connectivity index (χ0) is 30.0. The molecule has 0 spiro atoms. The van der Waals surface area contributed by atoms with Gasteiger partial charge in [-0.05, 0) is 55.7 Å². The number of rotatable bonds is 7. The predicted octanol–water partition coefficient (Wildman–Crippen LogP) is 5.70. The summed E-state index contributed by atoms with van der Waals surface area (Å²) in [6, 6.07) is 11.6. The second kappa shape index (κ2) is 10.5. The van der Waals surface area contributed by atoms with Crippen LogP contribution in [-0.2, 0) is 29.7 Å². The Morgan fingerprint density at radius 2 is 1.70 bits per heavy atom. The highest BCUT2D eigenvalue weighted by atomic mass is 32.2. The monoisotopic (exact) mass is 602 g/mol. The largest absolute Gasteiger partial charge is 0.478 e. The Balaban J connectivity index is 1.52. The molecule has 2 saturated carbocycles. The zero-order valence-corrected chi connectivity index (χ0v) is 25.5. The number of para-hydroxylation sites is 1. The van der Waals surface area contributed by atoms with Crippen LogP contribution in [0, 0.1) is 0 Å². The highest BCUT2D eigenvalue weighted by molar-refractivity contribution is 7.90. The molecule has 0 atom stereocenters. The van der Waals surface area contributed by atoms with Crippen LogP contribution in [-0.4, -0.2) is 58.8 Å². The van der Waals surface area contributed by atoms with Gasteiger partial charge in [-0.2, -0.15) is 0 Å². The second-order valence-electron chi connectivity index (χ2n) is 12.6. The van der Waals surface area contributed by atoms with Crippen LogP contribution in [0.25, 0.3) is 33.1 Å². The maximum atomic E-state index is 13.8. The smallest absolute Gasteiger partial charge is 0.335 e. The summed E-state index contributed by atoms with van der Waals surface area (Å²) >= 11 is 0. The Bertz CT molecular complexity index is 1890. The number of carbonyl (C=O) groups is 2. The Labute approximate surface area is 251 Å². The SMILES string of the molecule is CN(C)C(=O)c1c(CNS(=O)(=O)C2CC2)c2cccc3c2n1CCCn1c-3c(C2CCCCC2)c2ccc(C(=O)O)cc21. The number of aromatic nitrogens is 2. The number of sulfonamides is 1. The lowest BCUT2D eigenvalue weighted by atomic mass is 9.81. The quantitative estimate of drug-likeness (QED) is 0.282. The van der Waals surface area contributed by atoms with Crippen molar-refractivity contribution in [3.8, 4) is 11.3 Å². The van der Waals surface area contributed by atoms with Crippen LogP contribution in [0.3, 0.4) is 0 Å². The minimum atomic E-state index is -3.46. The lowest BCUT2D eigenvalue weighted by molar-refractivity contribution is 0.0696. The van der Waals surface area contributed by atoms with E-state index in [0.29, 0.717) is 43.1 Å². The van der Waals surface area contributed by atoms with Crippen molar-refractivity contribution in [2.75, 3.05) is 14.1 Å². The number of nitrogens with one attached hydrogen (secondary N) is 1. The van der Waals surface area contributed by atoms with Crippen molar-refractivity contribution in [1.29, 1.82) is 0 Å². The Hall–Kier alpha value is -3.63. The molecule has 2 N–H and O–H groups in total. The molecule has 3 aliphatic rings. The van der Waals surface area contributed by atoms with E-state index in [-0.39, 0.29) is 23.3 Å². The van der Waals surface area contributed by atoms with Gasteiger partial charge in [0.1, 0.15) is 5.69 Å². The Morgan fingerprint density at radius 1 is 0.953 bits per heavy atom. The molecular weight excluding hydrogens is 564 g/mol. The van der Waals surface area contributed by atoms with E-state index in [1.807, 2.05) is 24.3 Å². The molecule has 0 unspecified atom stereocenters. The van der Waals surface area contributed by atoms with Crippen molar-refractivity contribution in [2.24, 2.45) is 0 Å². The van der Waals surface area contributed by atoms with Crippen LogP contribution in [0.15, 0.2) is 36.4 Å². The second-order valence-corrected chi connectivity index (χ2v) is 14.6. The summed E-state index contributed by atoms with van der Waals surface area (Å²) < 4.78 is 33.0. The van der Waals surface area contributed by atoms with Crippen molar-refractivity contribution in [1.82, 2.24) is 18.8 Å². The molecule has 10 heteroatoms. The number of fused-ring (bicyclic) bond motifs is 4. The highest BCUT2D eigenvalue weighted by Gasteiger charge is 2.37. The van der Waals surface area contributed by atoms with E-state index in [4.69, 9.17) is 0 Å². The van der Waals surface area contributed by atoms with Crippen LogP contribution < -0.4 is 4.72 Å². The summed E-state index contributed by atoms with van der Waals surface area (Å²) in [5.74, 6) is -0.736. The minimum absolute atomic E-state index is 0.0567. The number of hydrogen-bond donors (Lipinski definition) is 2. The van der Waals surface area contributed by atoms with Crippen LogP contribution in [0.1, 0.15) is 89.3 Å². The van der Waals surface area contributed by atoms with Crippen LogP contribution in [0.5, 0.6) is 0 Å². The van der Waals surface area contributed by atoms with E-state index in [2.05, 4.69) is 19.9 Å². The molecule has 2 aromatic heterocycles.